The summed E-state index contributed by atoms with van der Waals surface area (Å²) in [7, 11) is 0. The summed E-state index contributed by atoms with van der Waals surface area (Å²) >= 11 is 0. The van der Waals surface area contributed by atoms with Gasteiger partial charge in [-0.25, -0.2) is 0 Å². The second-order valence-electron chi connectivity index (χ2n) is 4.49. The van der Waals surface area contributed by atoms with Crippen molar-refractivity contribution in [3.8, 4) is 0 Å². The Balaban J connectivity index is 1.83. The maximum absolute atomic E-state index is 11.7. The van der Waals surface area contributed by atoms with Crippen LogP contribution in [0.4, 0.5) is 5.82 Å². The monoisotopic (exact) mass is 247 g/mol. The number of amides is 1. The van der Waals surface area contributed by atoms with Crippen LogP contribution in [0.3, 0.4) is 0 Å². The quantitative estimate of drug-likeness (QED) is 0.853. The van der Waals surface area contributed by atoms with Gasteiger partial charge in [0.25, 0.3) is 0 Å². The number of H-pyrrole nitrogens is 1. The van der Waals surface area contributed by atoms with Crippen LogP contribution in [0.5, 0.6) is 0 Å². The van der Waals surface area contributed by atoms with E-state index < -0.39 is 0 Å². The van der Waals surface area contributed by atoms with E-state index in [-0.39, 0.29) is 5.91 Å². The highest BCUT2D eigenvalue weighted by Gasteiger charge is 2.08. The van der Waals surface area contributed by atoms with Gasteiger partial charge in [0.05, 0.1) is 6.26 Å². The Bertz CT molecular complexity index is 500. The molecule has 2 N–H and O–H groups in total. The Morgan fingerprint density at radius 1 is 1.56 bits per heavy atom. The number of rotatable bonds is 5. The number of nitrogens with zero attached hydrogens (tertiary/aromatic N) is 1. The van der Waals surface area contributed by atoms with E-state index >= 15 is 0 Å². The number of carbonyl (C=O) groups is 1. The van der Waals surface area contributed by atoms with Gasteiger partial charge in [-0.1, -0.05) is 13.8 Å². The normalized spacial score (nSPS) is 10.8. The number of furan rings is 1. The first-order valence-corrected chi connectivity index (χ1v) is 6.02. The van der Waals surface area contributed by atoms with Crippen LogP contribution in [0, 0.1) is 0 Å². The van der Waals surface area contributed by atoms with Gasteiger partial charge in [-0.15, -0.1) is 0 Å². The predicted molar refractivity (Wildman–Crippen MR) is 68.3 cm³/mol. The topological polar surface area (TPSA) is 70.9 Å². The Labute approximate surface area is 106 Å². The van der Waals surface area contributed by atoms with E-state index in [0.29, 0.717) is 24.6 Å². The highest BCUT2D eigenvalue weighted by molar-refractivity contribution is 5.89. The molecule has 0 radical (unpaired) electrons. The zero-order valence-electron chi connectivity index (χ0n) is 10.6. The second-order valence-corrected chi connectivity index (χ2v) is 4.49. The van der Waals surface area contributed by atoms with Gasteiger partial charge in [0.2, 0.25) is 5.91 Å². The maximum Gasteiger partial charge on any atom is 0.226 e. The average Bonchev–Trinajstić information content (AvgIpc) is 2.96. The van der Waals surface area contributed by atoms with Crippen LogP contribution in [0.1, 0.15) is 37.6 Å². The summed E-state index contributed by atoms with van der Waals surface area (Å²) in [5.74, 6) is 1.69. The number of aromatic amines is 1. The summed E-state index contributed by atoms with van der Waals surface area (Å²) in [6, 6.07) is 5.53. The SMILES string of the molecule is CC(C)c1cc(NC(=O)CCc2ccco2)n[nH]1. The van der Waals surface area contributed by atoms with Crippen molar-refractivity contribution in [3.05, 3.63) is 35.9 Å². The maximum atomic E-state index is 11.7. The van der Waals surface area contributed by atoms with E-state index in [0.717, 1.165) is 11.5 Å². The van der Waals surface area contributed by atoms with E-state index in [1.807, 2.05) is 18.2 Å². The molecular formula is C13H17N3O2. The molecule has 0 saturated carbocycles. The summed E-state index contributed by atoms with van der Waals surface area (Å²) in [4.78, 5) is 11.7. The Kier molecular flexibility index (Phi) is 3.82. The van der Waals surface area contributed by atoms with Crippen LogP contribution in [-0.2, 0) is 11.2 Å². The molecule has 0 saturated heterocycles. The molecule has 0 bridgehead atoms. The molecule has 0 aliphatic heterocycles. The van der Waals surface area contributed by atoms with Crippen molar-refractivity contribution in [1.29, 1.82) is 0 Å². The Morgan fingerprint density at radius 2 is 2.39 bits per heavy atom. The molecular weight excluding hydrogens is 230 g/mol. The third-order valence-electron chi connectivity index (χ3n) is 2.67. The van der Waals surface area contributed by atoms with Crippen LogP contribution in [0.25, 0.3) is 0 Å². The number of hydrogen-bond acceptors (Lipinski definition) is 3. The first-order chi connectivity index (χ1) is 8.65. The molecule has 1 amide bonds. The Morgan fingerprint density at radius 3 is 3.00 bits per heavy atom. The van der Waals surface area contributed by atoms with Crippen molar-refractivity contribution in [2.24, 2.45) is 0 Å². The van der Waals surface area contributed by atoms with Crippen LogP contribution >= 0.6 is 0 Å². The molecule has 0 aromatic carbocycles. The van der Waals surface area contributed by atoms with Crippen LogP contribution in [0.15, 0.2) is 28.9 Å². The van der Waals surface area contributed by atoms with Crippen molar-refractivity contribution >= 4 is 11.7 Å². The smallest absolute Gasteiger partial charge is 0.226 e. The highest BCUT2D eigenvalue weighted by atomic mass is 16.3. The summed E-state index contributed by atoms with van der Waals surface area (Å²) in [5, 5.41) is 9.70. The lowest BCUT2D eigenvalue weighted by atomic mass is 10.1. The van der Waals surface area contributed by atoms with Crippen molar-refractivity contribution in [2.45, 2.75) is 32.6 Å². The zero-order valence-corrected chi connectivity index (χ0v) is 10.6. The number of aryl methyl sites for hydroxylation is 1. The van der Waals surface area contributed by atoms with Crippen molar-refractivity contribution in [2.75, 3.05) is 5.32 Å². The molecule has 2 heterocycles. The minimum absolute atomic E-state index is 0.0618. The molecule has 0 fully saturated rings. The molecule has 0 atom stereocenters. The largest absolute Gasteiger partial charge is 0.469 e. The van der Waals surface area contributed by atoms with Crippen LogP contribution in [-0.4, -0.2) is 16.1 Å². The van der Waals surface area contributed by atoms with Gasteiger partial charge in [0.1, 0.15) is 5.76 Å². The molecule has 0 spiro atoms. The fourth-order valence-electron chi connectivity index (χ4n) is 1.59. The lowest BCUT2D eigenvalue weighted by Gasteiger charge is -2.00. The van der Waals surface area contributed by atoms with Crippen molar-refractivity contribution < 1.29 is 9.21 Å². The summed E-state index contributed by atoms with van der Waals surface area (Å²) in [6.45, 7) is 4.13. The molecule has 0 aliphatic carbocycles. The van der Waals surface area contributed by atoms with E-state index in [1.165, 1.54) is 0 Å². The average molecular weight is 247 g/mol. The van der Waals surface area contributed by atoms with Crippen molar-refractivity contribution in [3.63, 3.8) is 0 Å². The molecule has 0 aliphatic rings. The molecule has 96 valence electrons. The number of carbonyl (C=O) groups excluding carboxylic acids is 1. The molecule has 5 heteroatoms. The number of nitrogens with one attached hydrogen (secondary N) is 2. The number of aromatic nitrogens is 2. The van der Waals surface area contributed by atoms with E-state index in [2.05, 4.69) is 29.4 Å². The fraction of sp³-hybridized carbons (Fsp3) is 0.385. The van der Waals surface area contributed by atoms with E-state index in [9.17, 15) is 4.79 Å². The lowest BCUT2D eigenvalue weighted by molar-refractivity contribution is -0.116. The number of hydrogen-bond donors (Lipinski definition) is 2. The molecule has 0 unspecified atom stereocenters. The van der Waals surface area contributed by atoms with E-state index in [4.69, 9.17) is 4.42 Å². The van der Waals surface area contributed by atoms with Gasteiger partial charge in [0.15, 0.2) is 5.82 Å². The van der Waals surface area contributed by atoms with Crippen LogP contribution < -0.4 is 5.32 Å². The molecule has 2 aromatic rings. The minimum Gasteiger partial charge on any atom is -0.469 e. The predicted octanol–water partition coefficient (Wildman–Crippen LogP) is 2.70. The summed E-state index contributed by atoms with van der Waals surface area (Å²) in [6.07, 6.45) is 2.59. The first-order valence-electron chi connectivity index (χ1n) is 6.02. The van der Waals surface area contributed by atoms with Crippen LogP contribution in [0.2, 0.25) is 0 Å². The zero-order chi connectivity index (χ0) is 13.0. The fourth-order valence-corrected chi connectivity index (χ4v) is 1.59. The minimum atomic E-state index is -0.0618. The highest BCUT2D eigenvalue weighted by Crippen LogP contribution is 2.15. The van der Waals surface area contributed by atoms with Gasteiger partial charge < -0.3 is 9.73 Å². The lowest BCUT2D eigenvalue weighted by Crippen LogP contribution is -2.12. The summed E-state index contributed by atoms with van der Waals surface area (Å²) in [5.41, 5.74) is 1.01. The molecule has 2 rings (SSSR count). The number of anilines is 1. The second kappa shape index (κ2) is 5.53. The first kappa shape index (κ1) is 12.4. The Hall–Kier alpha value is -2.04. The van der Waals surface area contributed by atoms with Gasteiger partial charge >= 0.3 is 0 Å². The third kappa shape index (κ3) is 3.23. The van der Waals surface area contributed by atoms with Gasteiger partial charge in [-0.2, -0.15) is 5.10 Å². The van der Waals surface area contributed by atoms with E-state index in [1.54, 1.807) is 6.26 Å². The molecule has 5 nitrogen and oxygen atoms in total. The third-order valence-corrected chi connectivity index (χ3v) is 2.67. The summed E-state index contributed by atoms with van der Waals surface area (Å²) < 4.78 is 5.17. The van der Waals surface area contributed by atoms with Gasteiger partial charge in [-0.3, -0.25) is 9.89 Å². The standard InChI is InChI=1S/C13H17N3O2/c1-9(2)11-8-12(16-15-11)14-13(17)6-5-10-4-3-7-18-10/h3-4,7-9H,5-6H2,1-2H3,(H2,14,15,16,17). The van der Waals surface area contributed by atoms with Gasteiger partial charge in [0, 0.05) is 24.6 Å². The molecule has 18 heavy (non-hydrogen) atoms. The van der Waals surface area contributed by atoms with Crippen molar-refractivity contribution in [1.82, 2.24) is 10.2 Å². The molecule has 2 aromatic heterocycles. The van der Waals surface area contributed by atoms with Gasteiger partial charge in [-0.05, 0) is 18.1 Å².